The Hall–Kier alpha value is -0.700. The van der Waals surface area contributed by atoms with Crippen molar-refractivity contribution in [2.45, 2.75) is 20.8 Å². The summed E-state index contributed by atoms with van der Waals surface area (Å²) in [5.41, 5.74) is 5.58. The van der Waals surface area contributed by atoms with Crippen LogP contribution >= 0.6 is 0 Å². The van der Waals surface area contributed by atoms with Crippen LogP contribution in [0, 0.1) is 5.41 Å². The van der Waals surface area contributed by atoms with Crippen LogP contribution < -0.4 is 0 Å². The van der Waals surface area contributed by atoms with Gasteiger partial charge in [0.15, 0.2) is 0 Å². The molecule has 0 aromatic carbocycles. The fourth-order valence-corrected chi connectivity index (χ4v) is 0.268. The van der Waals surface area contributed by atoms with Gasteiger partial charge in [-0.2, -0.15) is 0 Å². The molecule has 0 fully saturated rings. The van der Waals surface area contributed by atoms with Gasteiger partial charge in [0, 0.05) is 0 Å². The van der Waals surface area contributed by atoms with E-state index in [9.17, 15) is 0 Å². The normalized spacial score (nSPS) is 9.38. The van der Waals surface area contributed by atoms with E-state index < -0.39 is 0 Å². The number of hydrogen-bond acceptors (Lipinski definition) is 0. The van der Waals surface area contributed by atoms with Crippen LogP contribution in [0.5, 0.6) is 0 Å². The van der Waals surface area contributed by atoms with Gasteiger partial charge in [0.25, 0.3) is 0 Å². The number of allylic oxidation sites excluding steroid dienone is 1. The van der Waals surface area contributed by atoms with Crippen LogP contribution in [-0.4, -0.2) is 0 Å². The summed E-state index contributed by atoms with van der Waals surface area (Å²) >= 11 is 0. The molecule has 0 heterocycles. The molecule has 8 heavy (non-hydrogen) atoms. The van der Waals surface area contributed by atoms with Gasteiger partial charge in [0.2, 0.25) is 0 Å². The van der Waals surface area contributed by atoms with Crippen LogP contribution in [0.3, 0.4) is 0 Å². The highest BCUT2D eigenvalue weighted by Crippen LogP contribution is 2.12. The molecule has 0 saturated carbocycles. The van der Waals surface area contributed by atoms with Crippen molar-refractivity contribution in [1.82, 2.24) is 0 Å². The van der Waals surface area contributed by atoms with E-state index >= 15 is 0 Å². The molecule has 0 aliphatic rings. The molecule has 44 valence electrons. The lowest BCUT2D eigenvalue weighted by molar-refractivity contribution is 0.545. The van der Waals surface area contributed by atoms with Gasteiger partial charge in [-0.05, 0) is 18.1 Å². The molecule has 0 aromatic rings. The van der Waals surface area contributed by atoms with Crippen LogP contribution in [0.1, 0.15) is 20.8 Å². The molecule has 0 N–H and O–H groups in total. The topological polar surface area (TPSA) is 0 Å². The Kier molecular flexibility index (Phi) is 2.34. The van der Waals surface area contributed by atoms with E-state index in [0.717, 1.165) is 0 Å². The van der Waals surface area contributed by atoms with Gasteiger partial charge in [-0.15, -0.1) is 0 Å². The van der Waals surface area contributed by atoms with Crippen molar-refractivity contribution in [2.75, 3.05) is 0 Å². The first-order chi connectivity index (χ1) is 3.56. The summed E-state index contributed by atoms with van der Waals surface area (Å²) in [7, 11) is 0. The molecule has 0 bridgehead atoms. The van der Waals surface area contributed by atoms with Crippen molar-refractivity contribution < 1.29 is 0 Å². The van der Waals surface area contributed by atoms with Crippen molar-refractivity contribution >= 4 is 0 Å². The minimum absolute atomic E-state index is 0.213. The summed E-state index contributed by atoms with van der Waals surface area (Å²) in [5.74, 6) is 0. The molecule has 0 spiro atoms. The molecular formula is C8H12. The zero-order chi connectivity index (χ0) is 6.62. The summed E-state index contributed by atoms with van der Waals surface area (Å²) in [4.78, 5) is 0. The summed E-state index contributed by atoms with van der Waals surface area (Å²) in [6.45, 7) is 9.72. The quantitative estimate of drug-likeness (QED) is 0.418. The zero-order valence-electron chi connectivity index (χ0n) is 5.78. The molecule has 0 aliphatic heterocycles. The van der Waals surface area contributed by atoms with Crippen LogP contribution in [0.2, 0.25) is 0 Å². The van der Waals surface area contributed by atoms with E-state index in [1.807, 2.05) is 6.08 Å². The van der Waals surface area contributed by atoms with E-state index in [1.54, 1.807) is 0 Å². The Morgan fingerprint density at radius 3 is 2.00 bits per heavy atom. The number of rotatable bonds is 0. The third-order valence-corrected chi connectivity index (χ3v) is 0.607. The van der Waals surface area contributed by atoms with Gasteiger partial charge in [0.05, 0.1) is 0 Å². The lowest BCUT2D eigenvalue weighted by atomic mass is 9.97. The average molecular weight is 108 g/mol. The Labute approximate surface area is 51.2 Å². The maximum absolute atomic E-state index is 3.40. The van der Waals surface area contributed by atoms with Gasteiger partial charge in [0.1, 0.15) is 0 Å². The van der Waals surface area contributed by atoms with Crippen molar-refractivity contribution in [3.05, 3.63) is 24.1 Å². The second kappa shape index (κ2) is 2.57. The van der Waals surface area contributed by atoms with E-state index in [1.165, 1.54) is 0 Å². The Bertz CT molecular complexity index is 134. The highest BCUT2D eigenvalue weighted by Gasteiger charge is 2.01. The van der Waals surface area contributed by atoms with Gasteiger partial charge in [-0.25, -0.2) is 0 Å². The maximum atomic E-state index is 3.40. The number of hydrogen-bond donors (Lipinski definition) is 0. The fourth-order valence-electron chi connectivity index (χ4n) is 0.268. The van der Waals surface area contributed by atoms with Crippen molar-refractivity contribution in [3.63, 3.8) is 0 Å². The largest absolute Gasteiger partial charge is 0.0785 e. The van der Waals surface area contributed by atoms with Gasteiger partial charge >= 0.3 is 0 Å². The molecule has 0 aliphatic carbocycles. The summed E-state index contributed by atoms with van der Waals surface area (Å²) in [6.07, 6.45) is 1.94. The summed E-state index contributed by atoms with van der Waals surface area (Å²) < 4.78 is 0. The smallest absolute Gasteiger partial charge is 0.0121 e. The first kappa shape index (κ1) is 7.30. The molecule has 0 amide bonds. The lowest BCUT2D eigenvalue weighted by Gasteiger charge is -2.07. The molecule has 0 nitrogen and oxygen atoms in total. The van der Waals surface area contributed by atoms with Gasteiger partial charge in [-0.1, -0.05) is 32.2 Å². The van der Waals surface area contributed by atoms with E-state index in [2.05, 4.69) is 38.8 Å². The summed E-state index contributed by atoms with van der Waals surface area (Å²) in [6, 6.07) is 0. The minimum Gasteiger partial charge on any atom is -0.0785 e. The highest BCUT2D eigenvalue weighted by molar-refractivity contribution is 4.90. The standard InChI is InChI=1S/C8H12/c1-5-6-7-8(2,3)4/h7H,1H2,2-4H3. The predicted molar refractivity (Wildman–Crippen MR) is 36.7 cm³/mol. The van der Waals surface area contributed by atoms with Gasteiger partial charge < -0.3 is 0 Å². The second-order valence-electron chi connectivity index (χ2n) is 2.83. The first-order valence-corrected chi connectivity index (χ1v) is 2.68. The molecule has 0 aromatic heterocycles. The average Bonchev–Trinajstić information content (AvgIpc) is 1.59. The molecule has 0 radical (unpaired) electrons. The summed E-state index contributed by atoms with van der Waals surface area (Å²) in [5, 5.41) is 0. The van der Waals surface area contributed by atoms with Crippen LogP contribution in [-0.2, 0) is 0 Å². The molecule has 0 saturated heterocycles. The van der Waals surface area contributed by atoms with E-state index in [0.29, 0.717) is 0 Å². The molecule has 0 heteroatoms. The van der Waals surface area contributed by atoms with Crippen molar-refractivity contribution in [3.8, 4) is 0 Å². The molecule has 0 rings (SSSR count). The van der Waals surface area contributed by atoms with Gasteiger partial charge in [-0.3, -0.25) is 0 Å². The Morgan fingerprint density at radius 1 is 1.38 bits per heavy atom. The lowest BCUT2D eigenvalue weighted by Crippen LogP contribution is -1.96. The Morgan fingerprint density at radius 2 is 1.88 bits per heavy atom. The SMILES string of the molecule is C=C=C=CC(C)(C)C. The van der Waals surface area contributed by atoms with Crippen LogP contribution in [0.4, 0.5) is 0 Å². The first-order valence-electron chi connectivity index (χ1n) is 2.68. The third-order valence-electron chi connectivity index (χ3n) is 0.607. The minimum atomic E-state index is 0.213. The highest BCUT2D eigenvalue weighted by atomic mass is 14.1. The van der Waals surface area contributed by atoms with Crippen LogP contribution in [0.15, 0.2) is 24.1 Å². The zero-order valence-corrected chi connectivity index (χ0v) is 5.78. The third kappa shape index (κ3) is 5.30. The monoisotopic (exact) mass is 108 g/mol. The van der Waals surface area contributed by atoms with Crippen molar-refractivity contribution in [1.29, 1.82) is 0 Å². The predicted octanol–water partition coefficient (Wildman–Crippen LogP) is 2.53. The van der Waals surface area contributed by atoms with E-state index in [4.69, 9.17) is 0 Å². The fraction of sp³-hybridized carbons (Fsp3) is 0.500. The second-order valence-corrected chi connectivity index (χ2v) is 2.83. The van der Waals surface area contributed by atoms with Crippen LogP contribution in [0.25, 0.3) is 0 Å². The molecular weight excluding hydrogens is 96.1 g/mol. The molecule has 0 atom stereocenters. The van der Waals surface area contributed by atoms with E-state index in [-0.39, 0.29) is 5.41 Å². The maximum Gasteiger partial charge on any atom is -0.0121 e. The Balaban J connectivity index is 4.10. The molecule has 0 unspecified atom stereocenters. The van der Waals surface area contributed by atoms with Crippen molar-refractivity contribution in [2.24, 2.45) is 5.41 Å².